The van der Waals surface area contributed by atoms with E-state index < -0.39 is 5.82 Å². The van der Waals surface area contributed by atoms with E-state index in [1.807, 2.05) is 0 Å². The minimum Gasteiger partial charge on any atom is -0.381 e. The molecule has 0 N–H and O–H groups in total. The van der Waals surface area contributed by atoms with E-state index in [1.54, 1.807) is 18.1 Å². The highest BCUT2D eigenvalue weighted by Crippen LogP contribution is 2.28. The molecule has 1 saturated heterocycles. The quantitative estimate of drug-likeness (QED) is 0.764. The number of methoxy groups -OCH3 is 1. The number of benzene rings is 1. The fourth-order valence-electron chi connectivity index (χ4n) is 2.16. The molecular weight excluding hydrogens is 337 g/mol. The van der Waals surface area contributed by atoms with Crippen molar-refractivity contribution in [2.45, 2.75) is 18.9 Å². The van der Waals surface area contributed by atoms with Crippen LogP contribution in [0.15, 0.2) is 16.6 Å². The van der Waals surface area contributed by atoms with Crippen molar-refractivity contribution in [2.75, 3.05) is 20.2 Å². The van der Waals surface area contributed by atoms with Crippen molar-refractivity contribution in [2.24, 2.45) is 0 Å². The maximum absolute atomic E-state index is 13.5. The summed E-state index contributed by atoms with van der Waals surface area (Å²) in [5, 5.41) is -0.00496. The molecule has 0 atom stereocenters. The highest BCUT2D eigenvalue weighted by Gasteiger charge is 2.24. The van der Waals surface area contributed by atoms with Crippen LogP contribution in [0.5, 0.6) is 0 Å². The normalized spacial score (nSPS) is 16.7. The van der Waals surface area contributed by atoms with Gasteiger partial charge < -0.3 is 9.64 Å². The standard InChI is InChI=1S/C13H14BrClFNO2/c1-19-9-2-4-17(5-3-9)13(18)8-6-10(14)12(15)11(16)7-8/h6-7,9H,2-5H2,1H3. The molecule has 0 aliphatic carbocycles. The number of amides is 1. The van der Waals surface area contributed by atoms with Gasteiger partial charge in [-0.3, -0.25) is 4.79 Å². The van der Waals surface area contributed by atoms with Gasteiger partial charge in [0.1, 0.15) is 5.82 Å². The van der Waals surface area contributed by atoms with Gasteiger partial charge in [-0.15, -0.1) is 0 Å². The van der Waals surface area contributed by atoms with Gasteiger partial charge in [0.25, 0.3) is 5.91 Å². The molecule has 1 aromatic rings. The first-order valence-electron chi connectivity index (χ1n) is 5.99. The summed E-state index contributed by atoms with van der Waals surface area (Å²) in [6, 6.07) is 2.73. The Hall–Kier alpha value is -0.650. The number of ether oxygens (including phenoxy) is 1. The topological polar surface area (TPSA) is 29.5 Å². The van der Waals surface area contributed by atoms with Crippen LogP contribution in [0.1, 0.15) is 23.2 Å². The molecule has 104 valence electrons. The van der Waals surface area contributed by atoms with E-state index in [4.69, 9.17) is 16.3 Å². The zero-order chi connectivity index (χ0) is 14.0. The molecule has 3 nitrogen and oxygen atoms in total. The summed E-state index contributed by atoms with van der Waals surface area (Å²) in [6.45, 7) is 1.25. The van der Waals surface area contributed by atoms with Crippen molar-refractivity contribution in [1.29, 1.82) is 0 Å². The molecule has 0 radical (unpaired) electrons. The summed E-state index contributed by atoms with van der Waals surface area (Å²) in [5.74, 6) is -0.767. The smallest absolute Gasteiger partial charge is 0.254 e. The van der Waals surface area contributed by atoms with Gasteiger partial charge in [-0.2, -0.15) is 0 Å². The predicted molar refractivity (Wildman–Crippen MR) is 75.0 cm³/mol. The lowest BCUT2D eigenvalue weighted by Crippen LogP contribution is -2.40. The SMILES string of the molecule is COC1CCN(C(=O)c2cc(F)c(Cl)c(Br)c2)CC1. The average Bonchev–Trinajstić information content (AvgIpc) is 2.43. The van der Waals surface area contributed by atoms with Crippen molar-refractivity contribution in [3.05, 3.63) is 33.0 Å². The van der Waals surface area contributed by atoms with E-state index in [0.717, 1.165) is 12.8 Å². The number of piperidine rings is 1. The van der Waals surface area contributed by atoms with Crippen molar-refractivity contribution in [1.82, 2.24) is 4.90 Å². The van der Waals surface area contributed by atoms with E-state index in [-0.39, 0.29) is 17.0 Å². The Morgan fingerprint density at radius 1 is 1.47 bits per heavy atom. The largest absolute Gasteiger partial charge is 0.381 e. The Labute approximate surface area is 124 Å². The maximum Gasteiger partial charge on any atom is 0.254 e. The van der Waals surface area contributed by atoms with Crippen LogP contribution in [0.2, 0.25) is 5.02 Å². The zero-order valence-corrected chi connectivity index (χ0v) is 12.8. The van der Waals surface area contributed by atoms with Gasteiger partial charge in [-0.1, -0.05) is 11.6 Å². The Morgan fingerprint density at radius 2 is 2.11 bits per heavy atom. The molecule has 0 bridgehead atoms. The number of halogens is 3. The van der Waals surface area contributed by atoms with Crippen molar-refractivity contribution in [3.8, 4) is 0 Å². The lowest BCUT2D eigenvalue weighted by atomic mass is 10.1. The highest BCUT2D eigenvalue weighted by atomic mass is 79.9. The van der Waals surface area contributed by atoms with Crippen LogP contribution in [-0.4, -0.2) is 37.1 Å². The Balaban J connectivity index is 2.12. The third-order valence-corrected chi connectivity index (χ3v) is 4.53. The number of hydrogen-bond acceptors (Lipinski definition) is 2. The van der Waals surface area contributed by atoms with Crippen LogP contribution in [-0.2, 0) is 4.74 Å². The van der Waals surface area contributed by atoms with Gasteiger partial charge in [0.05, 0.1) is 11.1 Å². The molecule has 6 heteroatoms. The lowest BCUT2D eigenvalue weighted by molar-refractivity contribution is 0.0350. The van der Waals surface area contributed by atoms with Gasteiger partial charge in [0, 0.05) is 30.2 Å². The summed E-state index contributed by atoms with van der Waals surface area (Å²) in [7, 11) is 1.67. The second-order valence-corrected chi connectivity index (χ2v) is 5.71. The summed E-state index contributed by atoms with van der Waals surface area (Å²) >= 11 is 8.86. The van der Waals surface area contributed by atoms with Gasteiger partial charge in [-0.25, -0.2) is 4.39 Å². The first-order chi connectivity index (χ1) is 9.02. The first-order valence-corrected chi connectivity index (χ1v) is 7.16. The van der Waals surface area contributed by atoms with Crippen molar-refractivity contribution < 1.29 is 13.9 Å². The fourth-order valence-corrected chi connectivity index (χ4v) is 2.70. The minimum atomic E-state index is -0.592. The monoisotopic (exact) mass is 349 g/mol. The number of nitrogens with zero attached hydrogens (tertiary/aromatic N) is 1. The number of likely N-dealkylation sites (tertiary alicyclic amines) is 1. The lowest BCUT2D eigenvalue weighted by Gasteiger charge is -2.31. The summed E-state index contributed by atoms with van der Waals surface area (Å²) in [6.07, 6.45) is 1.82. The highest BCUT2D eigenvalue weighted by molar-refractivity contribution is 9.10. The molecule has 0 unspecified atom stereocenters. The van der Waals surface area contributed by atoms with E-state index in [0.29, 0.717) is 23.1 Å². The van der Waals surface area contributed by atoms with Crippen molar-refractivity contribution >= 4 is 33.4 Å². The molecule has 1 heterocycles. The third kappa shape index (κ3) is 3.27. The average molecular weight is 351 g/mol. The van der Waals surface area contributed by atoms with Crippen LogP contribution >= 0.6 is 27.5 Å². The number of carbonyl (C=O) groups is 1. The van der Waals surface area contributed by atoms with Crippen LogP contribution in [0, 0.1) is 5.82 Å². The third-order valence-electron chi connectivity index (χ3n) is 3.29. The minimum absolute atomic E-state index is 0.00496. The van der Waals surface area contributed by atoms with E-state index in [2.05, 4.69) is 15.9 Å². The van der Waals surface area contributed by atoms with Gasteiger partial charge in [0.15, 0.2) is 0 Å². The van der Waals surface area contributed by atoms with Crippen LogP contribution in [0.4, 0.5) is 4.39 Å². The fraction of sp³-hybridized carbons (Fsp3) is 0.462. The molecule has 1 aliphatic rings. The van der Waals surface area contributed by atoms with E-state index >= 15 is 0 Å². The van der Waals surface area contributed by atoms with Crippen LogP contribution in [0.3, 0.4) is 0 Å². The molecule has 2 rings (SSSR count). The number of hydrogen-bond donors (Lipinski definition) is 0. The van der Waals surface area contributed by atoms with Gasteiger partial charge >= 0.3 is 0 Å². The Kier molecular flexibility index (Phi) is 4.81. The molecule has 0 saturated carbocycles. The molecule has 1 aliphatic heterocycles. The second kappa shape index (κ2) is 6.20. The number of rotatable bonds is 2. The Morgan fingerprint density at radius 3 is 2.63 bits per heavy atom. The summed E-state index contributed by atoms with van der Waals surface area (Å²) < 4.78 is 19.2. The molecule has 0 spiro atoms. The van der Waals surface area contributed by atoms with E-state index in [1.165, 1.54) is 6.07 Å². The van der Waals surface area contributed by atoms with Crippen LogP contribution in [0.25, 0.3) is 0 Å². The maximum atomic E-state index is 13.5. The molecule has 1 aromatic carbocycles. The molecular formula is C13H14BrClFNO2. The molecule has 1 amide bonds. The van der Waals surface area contributed by atoms with E-state index in [9.17, 15) is 9.18 Å². The number of carbonyl (C=O) groups excluding carboxylic acids is 1. The van der Waals surface area contributed by atoms with Gasteiger partial charge in [-0.05, 0) is 40.9 Å². The van der Waals surface area contributed by atoms with Gasteiger partial charge in [0.2, 0.25) is 0 Å². The molecule has 19 heavy (non-hydrogen) atoms. The zero-order valence-electron chi connectivity index (χ0n) is 10.5. The first kappa shape index (κ1) is 14.8. The summed E-state index contributed by atoms with van der Waals surface area (Å²) in [4.78, 5) is 14.0. The summed E-state index contributed by atoms with van der Waals surface area (Å²) in [5.41, 5.74) is 0.310. The second-order valence-electron chi connectivity index (χ2n) is 4.48. The van der Waals surface area contributed by atoms with Crippen LogP contribution < -0.4 is 0 Å². The molecule has 1 fully saturated rings. The molecule has 0 aromatic heterocycles. The Bertz CT molecular complexity index is 467. The predicted octanol–water partition coefficient (Wildman–Crippen LogP) is 3.49. The van der Waals surface area contributed by atoms with Crippen molar-refractivity contribution in [3.63, 3.8) is 0 Å².